The maximum atomic E-state index is 11.5. The van der Waals surface area contributed by atoms with Gasteiger partial charge in [0.25, 0.3) is 0 Å². The molecule has 92 valence electrons. The topological polar surface area (TPSA) is 17.1 Å². The minimum absolute atomic E-state index is 0.203. The number of carbonyl (C=O) groups is 1. The molecule has 0 aromatic heterocycles. The van der Waals surface area contributed by atoms with E-state index in [4.69, 9.17) is 0 Å². The Labute approximate surface area is 112 Å². The number of benzene rings is 2. The molecule has 0 saturated heterocycles. The second-order valence-corrected chi connectivity index (χ2v) is 5.12. The normalized spacial score (nSPS) is 10.3. The van der Waals surface area contributed by atoms with Gasteiger partial charge in [-0.15, -0.1) is 11.8 Å². The van der Waals surface area contributed by atoms with E-state index in [9.17, 15) is 4.79 Å². The van der Waals surface area contributed by atoms with E-state index in [2.05, 4.69) is 24.3 Å². The van der Waals surface area contributed by atoms with Crippen molar-refractivity contribution in [2.75, 3.05) is 0 Å². The lowest BCUT2D eigenvalue weighted by atomic mass is 10.1. The molecule has 0 spiro atoms. The summed E-state index contributed by atoms with van der Waals surface area (Å²) in [5.41, 5.74) is 2.12. The highest BCUT2D eigenvalue weighted by Crippen LogP contribution is 2.23. The zero-order chi connectivity index (χ0) is 12.8. The predicted molar refractivity (Wildman–Crippen MR) is 77.1 cm³/mol. The van der Waals surface area contributed by atoms with Crippen LogP contribution in [0.3, 0.4) is 0 Å². The van der Waals surface area contributed by atoms with Crippen molar-refractivity contribution >= 4 is 17.5 Å². The van der Waals surface area contributed by atoms with Crippen LogP contribution in [0.1, 0.15) is 29.3 Å². The van der Waals surface area contributed by atoms with Crippen LogP contribution in [0.25, 0.3) is 0 Å². The molecular weight excluding hydrogens is 240 g/mol. The van der Waals surface area contributed by atoms with Gasteiger partial charge in [-0.2, -0.15) is 0 Å². The average molecular weight is 256 g/mol. The molecule has 0 aliphatic heterocycles. The Morgan fingerprint density at radius 2 is 1.67 bits per heavy atom. The van der Waals surface area contributed by atoms with Crippen molar-refractivity contribution in [3.05, 3.63) is 65.7 Å². The van der Waals surface area contributed by atoms with Crippen molar-refractivity contribution in [2.24, 2.45) is 0 Å². The molecular formula is C16H16OS. The molecule has 18 heavy (non-hydrogen) atoms. The van der Waals surface area contributed by atoms with E-state index < -0.39 is 0 Å². The number of hydrogen-bond donors (Lipinski definition) is 0. The summed E-state index contributed by atoms with van der Waals surface area (Å²) in [4.78, 5) is 12.7. The summed E-state index contributed by atoms with van der Waals surface area (Å²) in [6.07, 6.45) is 0.566. The Kier molecular flexibility index (Phi) is 4.59. The maximum absolute atomic E-state index is 11.5. The Hall–Kier alpha value is -1.54. The Balaban J connectivity index is 1.97. The zero-order valence-electron chi connectivity index (χ0n) is 10.4. The largest absolute Gasteiger partial charge is 0.294 e. The molecule has 2 aromatic rings. The van der Waals surface area contributed by atoms with Gasteiger partial charge in [-0.25, -0.2) is 0 Å². The van der Waals surface area contributed by atoms with E-state index in [1.54, 1.807) is 11.8 Å². The summed E-state index contributed by atoms with van der Waals surface area (Å²) in [5.74, 6) is 1.16. The van der Waals surface area contributed by atoms with Crippen LogP contribution >= 0.6 is 11.8 Å². The number of thioether (sulfide) groups is 1. The van der Waals surface area contributed by atoms with Crippen LogP contribution in [-0.2, 0) is 5.75 Å². The number of carbonyl (C=O) groups excluding carboxylic acids is 1. The van der Waals surface area contributed by atoms with Crippen molar-refractivity contribution in [1.29, 1.82) is 0 Å². The fourth-order valence-electron chi connectivity index (χ4n) is 1.68. The van der Waals surface area contributed by atoms with E-state index in [-0.39, 0.29) is 5.78 Å². The smallest absolute Gasteiger partial charge is 0.162 e. The molecule has 0 radical (unpaired) electrons. The zero-order valence-corrected chi connectivity index (χ0v) is 11.2. The molecule has 0 heterocycles. The van der Waals surface area contributed by atoms with Crippen LogP contribution in [0, 0.1) is 0 Å². The van der Waals surface area contributed by atoms with Crippen molar-refractivity contribution in [3.63, 3.8) is 0 Å². The minimum Gasteiger partial charge on any atom is -0.294 e. The first kappa shape index (κ1) is 12.9. The molecule has 0 aliphatic rings. The van der Waals surface area contributed by atoms with Gasteiger partial charge in [-0.1, -0.05) is 49.4 Å². The number of hydrogen-bond acceptors (Lipinski definition) is 2. The third-order valence-corrected chi connectivity index (χ3v) is 3.83. The number of ketones is 1. The summed E-state index contributed by atoms with van der Waals surface area (Å²) in [6.45, 7) is 1.89. The lowest BCUT2D eigenvalue weighted by molar-refractivity contribution is 0.0988. The van der Waals surface area contributed by atoms with Crippen molar-refractivity contribution < 1.29 is 4.79 Å². The molecule has 2 aromatic carbocycles. The quantitative estimate of drug-likeness (QED) is 0.575. The second-order valence-electron chi connectivity index (χ2n) is 4.08. The first-order valence-electron chi connectivity index (χ1n) is 6.09. The van der Waals surface area contributed by atoms with Crippen LogP contribution in [-0.4, -0.2) is 5.78 Å². The highest BCUT2D eigenvalue weighted by Gasteiger charge is 2.02. The van der Waals surface area contributed by atoms with Gasteiger partial charge in [0.05, 0.1) is 0 Å². The molecule has 0 amide bonds. The molecule has 2 heteroatoms. The molecule has 0 aliphatic carbocycles. The SMILES string of the molecule is CCC(=O)c1ccc(SCc2ccccc2)cc1. The van der Waals surface area contributed by atoms with Gasteiger partial charge in [0, 0.05) is 22.6 Å². The first-order valence-corrected chi connectivity index (χ1v) is 7.08. The molecule has 0 N–H and O–H groups in total. The van der Waals surface area contributed by atoms with E-state index in [1.807, 2.05) is 37.3 Å². The van der Waals surface area contributed by atoms with Crippen LogP contribution in [0.5, 0.6) is 0 Å². The van der Waals surface area contributed by atoms with Crippen LogP contribution in [0.15, 0.2) is 59.5 Å². The van der Waals surface area contributed by atoms with Gasteiger partial charge >= 0.3 is 0 Å². The third kappa shape index (κ3) is 3.47. The van der Waals surface area contributed by atoms with Crippen molar-refractivity contribution in [3.8, 4) is 0 Å². The number of rotatable bonds is 5. The number of Topliss-reactive ketones (excluding diaryl/α,β-unsaturated/α-hetero) is 1. The van der Waals surface area contributed by atoms with Gasteiger partial charge in [0.15, 0.2) is 5.78 Å². The maximum Gasteiger partial charge on any atom is 0.162 e. The molecule has 0 atom stereocenters. The van der Waals surface area contributed by atoms with Crippen molar-refractivity contribution in [2.45, 2.75) is 24.0 Å². The van der Waals surface area contributed by atoms with Crippen LogP contribution < -0.4 is 0 Å². The van der Waals surface area contributed by atoms with Gasteiger partial charge in [0.2, 0.25) is 0 Å². The molecule has 2 rings (SSSR count). The first-order chi connectivity index (χ1) is 8.79. The van der Waals surface area contributed by atoms with Gasteiger partial charge < -0.3 is 0 Å². The minimum atomic E-state index is 0.203. The third-order valence-electron chi connectivity index (χ3n) is 2.75. The van der Waals surface area contributed by atoms with E-state index >= 15 is 0 Å². The van der Waals surface area contributed by atoms with Gasteiger partial charge in [-0.3, -0.25) is 4.79 Å². The Bertz CT molecular complexity index is 502. The lowest BCUT2D eigenvalue weighted by Crippen LogP contribution is -1.95. The predicted octanol–water partition coefficient (Wildman–Crippen LogP) is 4.57. The summed E-state index contributed by atoms with van der Waals surface area (Å²) < 4.78 is 0. The molecule has 0 bridgehead atoms. The van der Waals surface area contributed by atoms with Gasteiger partial charge in [0.1, 0.15) is 0 Å². The Morgan fingerprint density at radius 3 is 2.28 bits per heavy atom. The average Bonchev–Trinajstić information content (AvgIpc) is 2.46. The summed E-state index contributed by atoms with van der Waals surface area (Å²) in [7, 11) is 0. The molecule has 1 nitrogen and oxygen atoms in total. The summed E-state index contributed by atoms with van der Waals surface area (Å²) in [5, 5.41) is 0. The monoisotopic (exact) mass is 256 g/mol. The standard InChI is InChI=1S/C16H16OS/c1-2-16(17)14-8-10-15(11-9-14)18-12-13-6-4-3-5-7-13/h3-11H,2,12H2,1H3. The second kappa shape index (κ2) is 6.41. The lowest BCUT2D eigenvalue weighted by Gasteiger charge is -2.03. The Morgan fingerprint density at radius 1 is 1.00 bits per heavy atom. The van der Waals surface area contributed by atoms with Gasteiger partial charge in [-0.05, 0) is 17.7 Å². The molecule has 0 fully saturated rings. The molecule has 0 unspecified atom stereocenters. The molecule has 0 saturated carbocycles. The highest BCUT2D eigenvalue weighted by molar-refractivity contribution is 7.98. The van der Waals surface area contributed by atoms with E-state index in [0.29, 0.717) is 6.42 Å². The fraction of sp³-hybridized carbons (Fsp3) is 0.188. The van der Waals surface area contributed by atoms with Crippen molar-refractivity contribution in [1.82, 2.24) is 0 Å². The summed E-state index contributed by atoms with van der Waals surface area (Å²) >= 11 is 1.79. The van der Waals surface area contributed by atoms with Crippen LogP contribution in [0.4, 0.5) is 0 Å². The van der Waals surface area contributed by atoms with E-state index in [0.717, 1.165) is 11.3 Å². The highest BCUT2D eigenvalue weighted by atomic mass is 32.2. The van der Waals surface area contributed by atoms with Crippen LogP contribution in [0.2, 0.25) is 0 Å². The van der Waals surface area contributed by atoms with E-state index in [1.165, 1.54) is 10.5 Å². The summed E-state index contributed by atoms with van der Waals surface area (Å²) in [6, 6.07) is 18.3. The fourth-order valence-corrected chi connectivity index (χ4v) is 2.54.